The molecule has 1 heterocycles. The second-order valence-electron chi connectivity index (χ2n) is 4.78. The Labute approximate surface area is 136 Å². The van der Waals surface area contributed by atoms with Crippen LogP contribution in [0.25, 0.3) is 11.0 Å². The molecule has 0 radical (unpaired) electrons. The van der Waals surface area contributed by atoms with Crippen molar-refractivity contribution in [1.29, 1.82) is 5.26 Å². The van der Waals surface area contributed by atoms with Gasteiger partial charge in [-0.15, -0.1) is 5.10 Å². The predicted octanol–water partition coefficient (Wildman–Crippen LogP) is 3.34. The van der Waals surface area contributed by atoms with Crippen molar-refractivity contribution in [2.45, 2.75) is 12.6 Å². The van der Waals surface area contributed by atoms with Gasteiger partial charge in [-0.05, 0) is 29.8 Å². The van der Waals surface area contributed by atoms with E-state index < -0.39 is 6.10 Å². The molecule has 0 saturated carbocycles. The summed E-state index contributed by atoms with van der Waals surface area (Å²) in [5.41, 5.74) is 2.55. The number of halogens is 2. The van der Waals surface area contributed by atoms with Crippen molar-refractivity contribution < 1.29 is 5.11 Å². The summed E-state index contributed by atoms with van der Waals surface area (Å²) < 4.78 is 1.57. The summed E-state index contributed by atoms with van der Waals surface area (Å²) >= 11 is 12.0. The highest BCUT2D eigenvalue weighted by Gasteiger charge is 2.13. The van der Waals surface area contributed by atoms with Crippen molar-refractivity contribution in [3.05, 3.63) is 57.6 Å². The summed E-state index contributed by atoms with van der Waals surface area (Å²) in [6.45, 7) is 0.223. The first-order valence-electron chi connectivity index (χ1n) is 6.45. The van der Waals surface area contributed by atoms with E-state index in [4.69, 9.17) is 28.5 Å². The number of hydrogen-bond donors (Lipinski definition) is 1. The zero-order valence-electron chi connectivity index (χ0n) is 11.2. The van der Waals surface area contributed by atoms with Gasteiger partial charge in [0.15, 0.2) is 0 Å². The number of aromatic nitrogens is 3. The largest absolute Gasteiger partial charge is 0.386 e. The van der Waals surface area contributed by atoms with Gasteiger partial charge in [0.05, 0.1) is 39.8 Å². The van der Waals surface area contributed by atoms with Crippen LogP contribution >= 0.6 is 23.2 Å². The van der Waals surface area contributed by atoms with Gasteiger partial charge >= 0.3 is 0 Å². The van der Waals surface area contributed by atoms with Gasteiger partial charge in [-0.1, -0.05) is 40.5 Å². The van der Waals surface area contributed by atoms with Crippen molar-refractivity contribution in [3.63, 3.8) is 0 Å². The lowest BCUT2D eigenvalue weighted by Crippen LogP contribution is -2.10. The second kappa shape index (κ2) is 5.93. The first kappa shape index (κ1) is 14.8. The van der Waals surface area contributed by atoms with Crippen LogP contribution in [0.1, 0.15) is 17.2 Å². The molecule has 110 valence electrons. The molecule has 0 spiro atoms. The monoisotopic (exact) mass is 332 g/mol. The Kier molecular flexibility index (Phi) is 3.99. The zero-order valence-corrected chi connectivity index (χ0v) is 12.8. The Bertz CT molecular complexity index is 868. The van der Waals surface area contributed by atoms with E-state index in [0.717, 1.165) is 0 Å². The van der Waals surface area contributed by atoms with Crippen LogP contribution in [0.2, 0.25) is 10.0 Å². The molecular formula is C15H10Cl2N4O. The van der Waals surface area contributed by atoms with Crippen molar-refractivity contribution in [3.8, 4) is 6.07 Å². The fraction of sp³-hybridized carbons (Fsp3) is 0.133. The highest BCUT2D eigenvalue weighted by molar-refractivity contribution is 6.42. The minimum atomic E-state index is -0.771. The lowest BCUT2D eigenvalue weighted by molar-refractivity contribution is 0.152. The minimum Gasteiger partial charge on any atom is -0.386 e. The van der Waals surface area contributed by atoms with E-state index >= 15 is 0 Å². The molecule has 1 unspecified atom stereocenters. The Balaban J connectivity index is 1.89. The number of fused-ring (bicyclic) bond motifs is 1. The first-order valence-corrected chi connectivity index (χ1v) is 7.20. The van der Waals surface area contributed by atoms with Crippen LogP contribution < -0.4 is 0 Å². The summed E-state index contributed by atoms with van der Waals surface area (Å²) in [5, 5.41) is 27.9. The number of aliphatic hydroxyl groups excluding tert-OH is 1. The number of hydrogen-bond acceptors (Lipinski definition) is 4. The highest BCUT2D eigenvalue weighted by Crippen LogP contribution is 2.27. The summed E-state index contributed by atoms with van der Waals surface area (Å²) in [5.74, 6) is 0. The third kappa shape index (κ3) is 2.77. The summed E-state index contributed by atoms with van der Waals surface area (Å²) in [7, 11) is 0. The van der Waals surface area contributed by atoms with E-state index in [1.165, 1.54) is 0 Å². The fourth-order valence-electron chi connectivity index (χ4n) is 2.15. The smallest absolute Gasteiger partial charge is 0.114 e. The molecule has 0 aliphatic rings. The van der Waals surface area contributed by atoms with Crippen molar-refractivity contribution in [2.75, 3.05) is 0 Å². The third-order valence-electron chi connectivity index (χ3n) is 3.33. The van der Waals surface area contributed by atoms with Crippen LogP contribution in [0.5, 0.6) is 0 Å². The highest BCUT2D eigenvalue weighted by atomic mass is 35.5. The Morgan fingerprint density at radius 2 is 1.86 bits per heavy atom. The molecule has 0 amide bonds. The molecule has 3 rings (SSSR count). The molecule has 1 atom stereocenters. The predicted molar refractivity (Wildman–Crippen MR) is 83.7 cm³/mol. The van der Waals surface area contributed by atoms with E-state index in [-0.39, 0.29) is 6.54 Å². The lowest BCUT2D eigenvalue weighted by Gasteiger charge is -2.11. The lowest BCUT2D eigenvalue weighted by atomic mass is 10.1. The standard InChI is InChI=1S/C15H10Cl2N4O/c16-11-5-13-14(6-12(11)17)21(20-19-13)8-15(22)10-3-1-9(7-18)2-4-10/h1-6,15,22H,8H2. The van der Waals surface area contributed by atoms with Crippen molar-refractivity contribution >= 4 is 34.2 Å². The molecule has 22 heavy (non-hydrogen) atoms. The summed E-state index contributed by atoms with van der Waals surface area (Å²) in [6, 6.07) is 12.1. The van der Waals surface area contributed by atoms with Gasteiger partial charge in [-0.25, -0.2) is 4.68 Å². The number of rotatable bonds is 3. The van der Waals surface area contributed by atoms with Crippen LogP contribution in [-0.2, 0) is 6.54 Å². The maximum Gasteiger partial charge on any atom is 0.114 e. The van der Waals surface area contributed by atoms with Gasteiger partial charge in [0.1, 0.15) is 5.52 Å². The van der Waals surface area contributed by atoms with E-state index in [1.807, 2.05) is 6.07 Å². The summed E-state index contributed by atoms with van der Waals surface area (Å²) in [6.07, 6.45) is -0.771. The van der Waals surface area contributed by atoms with E-state index in [0.29, 0.717) is 32.2 Å². The topological polar surface area (TPSA) is 74.7 Å². The van der Waals surface area contributed by atoms with Crippen LogP contribution in [0.15, 0.2) is 36.4 Å². The summed E-state index contributed by atoms with van der Waals surface area (Å²) in [4.78, 5) is 0. The maximum absolute atomic E-state index is 10.3. The zero-order chi connectivity index (χ0) is 15.7. The molecule has 2 aromatic carbocycles. The maximum atomic E-state index is 10.3. The van der Waals surface area contributed by atoms with Gasteiger partial charge < -0.3 is 5.11 Å². The normalized spacial score (nSPS) is 12.3. The molecule has 0 saturated heterocycles. The van der Waals surface area contributed by atoms with Gasteiger partial charge in [-0.2, -0.15) is 5.26 Å². The van der Waals surface area contributed by atoms with Crippen LogP contribution in [0.4, 0.5) is 0 Å². The van der Waals surface area contributed by atoms with Crippen molar-refractivity contribution in [1.82, 2.24) is 15.0 Å². The van der Waals surface area contributed by atoms with Crippen LogP contribution in [0.3, 0.4) is 0 Å². The second-order valence-corrected chi connectivity index (χ2v) is 5.59. The SMILES string of the molecule is N#Cc1ccc(C(O)Cn2nnc3cc(Cl)c(Cl)cc32)cc1. The van der Waals surface area contributed by atoms with Gasteiger partial charge in [-0.3, -0.25) is 0 Å². The molecule has 1 N–H and O–H groups in total. The molecule has 3 aromatic rings. The Morgan fingerprint density at radius 1 is 1.18 bits per heavy atom. The molecule has 0 bridgehead atoms. The van der Waals surface area contributed by atoms with Gasteiger partial charge in [0, 0.05) is 0 Å². The van der Waals surface area contributed by atoms with E-state index in [9.17, 15) is 5.11 Å². The Morgan fingerprint density at radius 3 is 2.55 bits per heavy atom. The molecular weight excluding hydrogens is 323 g/mol. The first-order chi connectivity index (χ1) is 10.6. The average Bonchev–Trinajstić information content (AvgIpc) is 2.90. The number of nitriles is 1. The average molecular weight is 333 g/mol. The number of nitrogens with zero attached hydrogens (tertiary/aromatic N) is 4. The molecule has 1 aromatic heterocycles. The number of aliphatic hydroxyl groups is 1. The van der Waals surface area contributed by atoms with E-state index in [1.54, 1.807) is 41.1 Å². The van der Waals surface area contributed by atoms with Gasteiger partial charge in [0.25, 0.3) is 0 Å². The van der Waals surface area contributed by atoms with Crippen LogP contribution in [-0.4, -0.2) is 20.1 Å². The quantitative estimate of drug-likeness (QED) is 0.798. The number of benzene rings is 2. The van der Waals surface area contributed by atoms with E-state index in [2.05, 4.69) is 10.3 Å². The van der Waals surface area contributed by atoms with Crippen molar-refractivity contribution in [2.24, 2.45) is 0 Å². The molecule has 0 fully saturated rings. The van der Waals surface area contributed by atoms with Gasteiger partial charge in [0.2, 0.25) is 0 Å². The van der Waals surface area contributed by atoms with Crippen LogP contribution in [0, 0.1) is 11.3 Å². The molecule has 0 aliphatic heterocycles. The minimum absolute atomic E-state index is 0.223. The molecule has 0 aliphatic carbocycles. The molecule has 7 heteroatoms. The molecule has 5 nitrogen and oxygen atoms in total. The Hall–Kier alpha value is -2.13. The fourth-order valence-corrected chi connectivity index (χ4v) is 2.46. The third-order valence-corrected chi connectivity index (χ3v) is 4.05.